The fraction of sp³-hybridized carbons (Fsp3) is 0.714. The molecule has 0 bridgehead atoms. The average molecular weight is 248 g/mol. The van der Waals surface area contributed by atoms with E-state index in [0.29, 0.717) is 0 Å². The first-order chi connectivity index (χ1) is 8.56. The molecule has 1 aliphatic carbocycles. The summed E-state index contributed by atoms with van der Waals surface area (Å²) in [7, 11) is 4.15. The van der Waals surface area contributed by atoms with Crippen LogP contribution in [-0.4, -0.2) is 41.5 Å². The largest absolute Gasteiger partial charge is 0.310 e. The van der Waals surface area contributed by atoms with Crippen molar-refractivity contribution in [3.63, 3.8) is 0 Å². The maximum absolute atomic E-state index is 4.63. The minimum atomic E-state index is 0.734. The molecule has 1 aliphatic rings. The molecule has 0 aromatic carbocycles. The normalized spacial score (nSPS) is 15.4. The van der Waals surface area contributed by atoms with Gasteiger partial charge in [-0.1, -0.05) is 0 Å². The molecule has 18 heavy (non-hydrogen) atoms. The fourth-order valence-corrected chi connectivity index (χ4v) is 2.03. The van der Waals surface area contributed by atoms with Crippen LogP contribution >= 0.6 is 0 Å². The highest BCUT2D eigenvalue weighted by atomic mass is 15.1. The number of aryl methyl sites for hydroxylation is 2. The van der Waals surface area contributed by atoms with E-state index in [0.717, 1.165) is 42.8 Å². The van der Waals surface area contributed by atoms with Crippen molar-refractivity contribution >= 4 is 0 Å². The van der Waals surface area contributed by atoms with Gasteiger partial charge in [0.05, 0.1) is 0 Å². The van der Waals surface area contributed by atoms with E-state index in [4.69, 9.17) is 0 Å². The molecule has 1 N–H and O–H groups in total. The van der Waals surface area contributed by atoms with Crippen molar-refractivity contribution in [2.75, 3.05) is 20.6 Å². The smallest absolute Gasteiger partial charge is 0.130 e. The van der Waals surface area contributed by atoms with Gasteiger partial charge in [-0.15, -0.1) is 0 Å². The summed E-state index contributed by atoms with van der Waals surface area (Å²) in [4.78, 5) is 11.4. The topological polar surface area (TPSA) is 41.1 Å². The predicted octanol–water partition coefficient (Wildman–Crippen LogP) is 1.45. The van der Waals surface area contributed by atoms with Gasteiger partial charge in [-0.2, -0.15) is 0 Å². The average Bonchev–Trinajstić information content (AvgIpc) is 3.09. The molecule has 0 saturated heterocycles. The Morgan fingerprint density at radius 3 is 2.28 bits per heavy atom. The lowest BCUT2D eigenvalue weighted by Gasteiger charge is -2.13. The lowest BCUT2D eigenvalue weighted by molar-refractivity contribution is 0.409. The van der Waals surface area contributed by atoms with Crippen molar-refractivity contribution in [2.24, 2.45) is 0 Å². The van der Waals surface area contributed by atoms with Gasteiger partial charge >= 0.3 is 0 Å². The molecule has 0 spiro atoms. The quantitative estimate of drug-likeness (QED) is 0.827. The second-order valence-electron chi connectivity index (χ2n) is 5.50. The number of aromatic nitrogens is 2. The van der Waals surface area contributed by atoms with Gasteiger partial charge in [-0.05, 0) is 40.8 Å². The van der Waals surface area contributed by atoms with Crippen LogP contribution in [0.15, 0.2) is 0 Å². The minimum Gasteiger partial charge on any atom is -0.310 e. The van der Waals surface area contributed by atoms with Gasteiger partial charge in [0.1, 0.15) is 5.82 Å². The van der Waals surface area contributed by atoms with Crippen molar-refractivity contribution in [1.29, 1.82) is 0 Å². The van der Waals surface area contributed by atoms with Crippen LogP contribution in [0.2, 0.25) is 0 Å². The van der Waals surface area contributed by atoms with Crippen LogP contribution in [0.5, 0.6) is 0 Å². The van der Waals surface area contributed by atoms with Gasteiger partial charge in [0.25, 0.3) is 0 Å². The number of nitrogens with one attached hydrogen (secondary N) is 1. The Bertz CT molecular complexity index is 387. The SMILES string of the molecule is Cc1nc(CCN(C)C)nc(C)c1CNC1CC1. The van der Waals surface area contributed by atoms with Crippen LogP contribution in [-0.2, 0) is 13.0 Å². The Morgan fingerprint density at radius 1 is 1.17 bits per heavy atom. The molecule has 0 aliphatic heterocycles. The van der Waals surface area contributed by atoms with Crippen LogP contribution in [0.1, 0.15) is 35.6 Å². The van der Waals surface area contributed by atoms with E-state index >= 15 is 0 Å². The number of nitrogens with zero attached hydrogens (tertiary/aromatic N) is 3. The molecule has 1 saturated carbocycles. The van der Waals surface area contributed by atoms with Gasteiger partial charge < -0.3 is 10.2 Å². The Morgan fingerprint density at radius 2 is 1.78 bits per heavy atom. The number of likely N-dealkylation sites (N-methyl/N-ethyl adjacent to an activating group) is 1. The molecule has 4 heteroatoms. The lowest BCUT2D eigenvalue weighted by atomic mass is 10.1. The standard InChI is InChI=1S/C14H24N4/c1-10-13(9-15-12-5-6-12)11(2)17-14(16-10)7-8-18(3)4/h12,15H,5-9H2,1-4H3. The third-order valence-corrected chi connectivity index (χ3v) is 3.39. The molecule has 2 rings (SSSR count). The van der Waals surface area contributed by atoms with Crippen molar-refractivity contribution in [3.8, 4) is 0 Å². The van der Waals surface area contributed by atoms with E-state index in [-0.39, 0.29) is 0 Å². The van der Waals surface area contributed by atoms with Crippen LogP contribution < -0.4 is 5.32 Å². The summed E-state index contributed by atoms with van der Waals surface area (Å²) >= 11 is 0. The van der Waals surface area contributed by atoms with Crippen molar-refractivity contribution in [3.05, 3.63) is 22.8 Å². The Hall–Kier alpha value is -1.00. The van der Waals surface area contributed by atoms with Gasteiger partial charge in [-0.3, -0.25) is 0 Å². The van der Waals surface area contributed by atoms with Crippen LogP contribution in [0.25, 0.3) is 0 Å². The Labute approximate surface area is 110 Å². The highest BCUT2D eigenvalue weighted by molar-refractivity contribution is 5.24. The third kappa shape index (κ3) is 3.75. The summed E-state index contributed by atoms with van der Waals surface area (Å²) in [6, 6.07) is 0.734. The number of hydrogen-bond acceptors (Lipinski definition) is 4. The maximum atomic E-state index is 4.63. The van der Waals surface area contributed by atoms with Crippen LogP contribution in [0.4, 0.5) is 0 Å². The molecule has 0 atom stereocenters. The molecular weight excluding hydrogens is 224 g/mol. The molecule has 1 aromatic rings. The number of hydrogen-bond donors (Lipinski definition) is 1. The number of rotatable bonds is 6. The van der Waals surface area contributed by atoms with Gasteiger partial charge in [-0.25, -0.2) is 9.97 Å². The first kappa shape index (κ1) is 13.4. The highest BCUT2D eigenvalue weighted by Crippen LogP contribution is 2.20. The second-order valence-corrected chi connectivity index (χ2v) is 5.50. The maximum Gasteiger partial charge on any atom is 0.130 e. The zero-order valence-electron chi connectivity index (χ0n) is 12.0. The minimum absolute atomic E-state index is 0.734. The second kappa shape index (κ2) is 5.76. The van der Waals surface area contributed by atoms with E-state index in [1.165, 1.54) is 18.4 Å². The highest BCUT2D eigenvalue weighted by Gasteiger charge is 2.21. The fourth-order valence-electron chi connectivity index (χ4n) is 2.03. The zero-order chi connectivity index (χ0) is 13.1. The molecule has 0 unspecified atom stereocenters. The van der Waals surface area contributed by atoms with E-state index in [1.54, 1.807) is 0 Å². The summed E-state index contributed by atoms with van der Waals surface area (Å²) in [6.45, 7) is 6.10. The van der Waals surface area contributed by atoms with Gasteiger partial charge in [0.15, 0.2) is 0 Å². The molecule has 0 radical (unpaired) electrons. The first-order valence-corrected chi connectivity index (χ1v) is 6.77. The molecule has 1 aromatic heterocycles. The van der Waals surface area contributed by atoms with Crippen molar-refractivity contribution in [1.82, 2.24) is 20.2 Å². The summed E-state index contributed by atoms with van der Waals surface area (Å²) in [6.07, 6.45) is 3.56. The monoisotopic (exact) mass is 248 g/mol. The summed E-state index contributed by atoms with van der Waals surface area (Å²) in [5.74, 6) is 0.967. The van der Waals surface area contributed by atoms with E-state index in [1.807, 2.05) is 0 Å². The molecule has 100 valence electrons. The van der Waals surface area contributed by atoms with Crippen LogP contribution in [0, 0.1) is 13.8 Å². The molecule has 0 amide bonds. The third-order valence-electron chi connectivity index (χ3n) is 3.39. The predicted molar refractivity (Wildman–Crippen MR) is 73.6 cm³/mol. The van der Waals surface area contributed by atoms with E-state index < -0.39 is 0 Å². The van der Waals surface area contributed by atoms with Crippen molar-refractivity contribution < 1.29 is 0 Å². The Balaban J connectivity index is 2.02. The molecule has 1 heterocycles. The Kier molecular flexibility index (Phi) is 4.30. The summed E-state index contributed by atoms with van der Waals surface area (Å²) in [5, 5.41) is 3.54. The van der Waals surface area contributed by atoms with Crippen molar-refractivity contribution in [2.45, 2.75) is 45.7 Å². The lowest BCUT2D eigenvalue weighted by Crippen LogP contribution is -2.20. The molecular formula is C14H24N4. The first-order valence-electron chi connectivity index (χ1n) is 6.77. The molecule has 1 fully saturated rings. The summed E-state index contributed by atoms with van der Waals surface area (Å²) in [5.41, 5.74) is 3.53. The van der Waals surface area contributed by atoms with Crippen LogP contribution in [0.3, 0.4) is 0 Å². The molecule has 4 nitrogen and oxygen atoms in total. The van der Waals surface area contributed by atoms with Gasteiger partial charge in [0, 0.05) is 42.5 Å². The summed E-state index contributed by atoms with van der Waals surface area (Å²) < 4.78 is 0. The zero-order valence-corrected chi connectivity index (χ0v) is 12.0. The van der Waals surface area contributed by atoms with E-state index in [2.05, 4.69) is 48.1 Å². The van der Waals surface area contributed by atoms with E-state index in [9.17, 15) is 0 Å². The van der Waals surface area contributed by atoms with Gasteiger partial charge in [0.2, 0.25) is 0 Å².